The molecule has 24 heavy (non-hydrogen) atoms. The molecule has 0 bridgehead atoms. The number of fused-ring (bicyclic) bond motifs is 1. The van der Waals surface area contributed by atoms with Crippen molar-refractivity contribution in [3.05, 3.63) is 50.9 Å². The molecule has 0 aliphatic heterocycles. The van der Waals surface area contributed by atoms with E-state index in [-0.39, 0.29) is 11.7 Å². The van der Waals surface area contributed by atoms with E-state index in [4.69, 9.17) is 16.3 Å². The van der Waals surface area contributed by atoms with Gasteiger partial charge in [0.1, 0.15) is 11.1 Å². The van der Waals surface area contributed by atoms with Crippen LogP contribution in [0.4, 0.5) is 5.00 Å². The number of thiophene rings is 1. The minimum absolute atomic E-state index is 0.0774. The highest BCUT2D eigenvalue weighted by Gasteiger charge is 2.28. The van der Waals surface area contributed by atoms with Crippen LogP contribution in [0.2, 0.25) is 5.02 Å². The van der Waals surface area contributed by atoms with Crippen molar-refractivity contribution in [3.63, 3.8) is 0 Å². The summed E-state index contributed by atoms with van der Waals surface area (Å²) in [4.78, 5) is 26.4. The molecule has 3 rings (SSSR count). The van der Waals surface area contributed by atoms with Gasteiger partial charge in [-0.3, -0.25) is 9.59 Å². The highest BCUT2D eigenvalue weighted by Crippen LogP contribution is 2.40. The van der Waals surface area contributed by atoms with Gasteiger partial charge < -0.3 is 10.1 Å². The van der Waals surface area contributed by atoms with Crippen LogP contribution in [-0.4, -0.2) is 24.9 Å². The fourth-order valence-corrected chi connectivity index (χ4v) is 4.21. The molecule has 0 spiro atoms. The first-order valence-electron chi connectivity index (χ1n) is 7.79. The summed E-state index contributed by atoms with van der Waals surface area (Å²) in [6.07, 6.45) is 2.30. The van der Waals surface area contributed by atoms with Crippen molar-refractivity contribution in [1.29, 1.82) is 0 Å². The number of anilines is 1. The van der Waals surface area contributed by atoms with Gasteiger partial charge in [-0.25, -0.2) is 0 Å². The van der Waals surface area contributed by atoms with Gasteiger partial charge in [0.15, 0.2) is 5.78 Å². The number of ketones is 1. The molecule has 1 atom stereocenters. The zero-order valence-corrected chi connectivity index (χ0v) is 15.1. The number of carbonyl (C=O) groups is 2. The molecule has 0 fully saturated rings. The topological polar surface area (TPSA) is 55.4 Å². The van der Waals surface area contributed by atoms with Crippen molar-refractivity contribution in [2.75, 3.05) is 12.4 Å². The largest absolute Gasteiger partial charge is 0.372 e. The van der Waals surface area contributed by atoms with Crippen LogP contribution in [0.5, 0.6) is 0 Å². The lowest BCUT2D eigenvalue weighted by Gasteiger charge is -2.11. The van der Waals surface area contributed by atoms with E-state index in [1.165, 1.54) is 23.3 Å². The van der Waals surface area contributed by atoms with Crippen LogP contribution in [0.15, 0.2) is 24.3 Å². The van der Waals surface area contributed by atoms with Gasteiger partial charge in [0.2, 0.25) is 0 Å². The maximum absolute atomic E-state index is 13.0. The standard InChI is InChI=1S/C18H18ClNO3S/c1-10(23-2)17(22)20-18-15(13-4-3-5-14(13)24-18)16(21)11-6-8-12(19)9-7-11/h6-10H,3-5H2,1-2H3,(H,20,22). The molecular formula is C18H18ClNO3S. The maximum atomic E-state index is 13.0. The van der Waals surface area contributed by atoms with Crippen LogP contribution in [-0.2, 0) is 22.4 Å². The number of aryl methyl sites for hydroxylation is 1. The molecule has 6 heteroatoms. The molecule has 1 N–H and O–H groups in total. The van der Waals surface area contributed by atoms with Gasteiger partial charge >= 0.3 is 0 Å². The highest BCUT2D eigenvalue weighted by atomic mass is 35.5. The van der Waals surface area contributed by atoms with Gasteiger partial charge in [0, 0.05) is 22.6 Å². The van der Waals surface area contributed by atoms with Crippen LogP contribution in [0.3, 0.4) is 0 Å². The second-order valence-corrected chi connectivity index (χ2v) is 7.31. The normalized spacial score (nSPS) is 14.3. The number of rotatable bonds is 5. The van der Waals surface area contributed by atoms with E-state index >= 15 is 0 Å². The Morgan fingerprint density at radius 3 is 2.62 bits per heavy atom. The van der Waals surface area contributed by atoms with E-state index < -0.39 is 6.10 Å². The van der Waals surface area contributed by atoms with E-state index in [0.29, 0.717) is 21.2 Å². The predicted molar refractivity (Wildman–Crippen MR) is 96.3 cm³/mol. The monoisotopic (exact) mass is 363 g/mol. The summed E-state index contributed by atoms with van der Waals surface area (Å²) in [6.45, 7) is 1.68. The van der Waals surface area contributed by atoms with Crippen LogP contribution in [0.25, 0.3) is 0 Å². The van der Waals surface area contributed by atoms with Gasteiger partial charge in [0.05, 0.1) is 5.56 Å². The zero-order valence-electron chi connectivity index (χ0n) is 13.5. The Hall–Kier alpha value is -1.69. The third kappa shape index (κ3) is 3.24. The Balaban J connectivity index is 1.98. The number of amides is 1. The number of halogens is 1. The van der Waals surface area contributed by atoms with Crippen LogP contribution < -0.4 is 5.32 Å². The number of hydrogen-bond donors (Lipinski definition) is 1. The van der Waals surface area contributed by atoms with Gasteiger partial charge in [-0.15, -0.1) is 11.3 Å². The number of carbonyl (C=O) groups excluding carboxylic acids is 2. The third-order valence-electron chi connectivity index (χ3n) is 4.21. The second kappa shape index (κ2) is 7.05. The summed E-state index contributed by atoms with van der Waals surface area (Å²) in [5.74, 6) is -0.325. The molecule has 0 saturated carbocycles. The lowest BCUT2D eigenvalue weighted by atomic mass is 10.0. The highest BCUT2D eigenvalue weighted by molar-refractivity contribution is 7.17. The average Bonchev–Trinajstić information content (AvgIpc) is 3.14. The molecule has 1 unspecified atom stereocenters. The molecule has 0 saturated heterocycles. The summed E-state index contributed by atoms with van der Waals surface area (Å²) >= 11 is 7.40. The van der Waals surface area contributed by atoms with Gasteiger partial charge in [-0.05, 0) is 56.0 Å². The average molecular weight is 364 g/mol. The van der Waals surface area contributed by atoms with Crippen molar-refractivity contribution < 1.29 is 14.3 Å². The third-order valence-corrected chi connectivity index (χ3v) is 5.67. The second-order valence-electron chi connectivity index (χ2n) is 5.76. The lowest BCUT2D eigenvalue weighted by molar-refractivity contribution is -0.124. The van der Waals surface area contributed by atoms with Gasteiger partial charge in [0.25, 0.3) is 5.91 Å². The minimum Gasteiger partial charge on any atom is -0.372 e. The number of methoxy groups -OCH3 is 1. The minimum atomic E-state index is -0.569. The van der Waals surface area contributed by atoms with Crippen molar-refractivity contribution in [3.8, 4) is 0 Å². The van der Waals surface area contributed by atoms with Crippen molar-refractivity contribution in [2.24, 2.45) is 0 Å². The molecule has 1 aliphatic rings. The summed E-state index contributed by atoms with van der Waals surface area (Å²) in [5.41, 5.74) is 2.26. The van der Waals surface area contributed by atoms with Crippen molar-refractivity contribution in [1.82, 2.24) is 0 Å². The molecule has 1 aromatic carbocycles. The number of nitrogens with one attached hydrogen (secondary N) is 1. The van der Waals surface area contributed by atoms with Gasteiger partial charge in [-0.2, -0.15) is 0 Å². The van der Waals surface area contributed by atoms with Crippen LogP contribution in [0.1, 0.15) is 39.7 Å². The van der Waals surface area contributed by atoms with Gasteiger partial charge in [-0.1, -0.05) is 11.6 Å². The zero-order chi connectivity index (χ0) is 17.3. The number of ether oxygens (including phenoxy) is 1. The summed E-state index contributed by atoms with van der Waals surface area (Å²) in [6, 6.07) is 6.83. The first kappa shape index (κ1) is 17.1. The molecule has 1 aliphatic carbocycles. The molecule has 0 radical (unpaired) electrons. The molecule has 1 amide bonds. The molecule has 4 nitrogen and oxygen atoms in total. The SMILES string of the molecule is COC(C)C(=O)Nc1sc2c(c1C(=O)c1ccc(Cl)cc1)CCC2. The summed E-state index contributed by atoms with van der Waals surface area (Å²) < 4.78 is 5.05. The predicted octanol–water partition coefficient (Wildman–Crippen LogP) is 4.09. The summed E-state index contributed by atoms with van der Waals surface area (Å²) in [5, 5.41) is 4.07. The Morgan fingerprint density at radius 2 is 1.96 bits per heavy atom. The van der Waals surface area contributed by atoms with E-state index in [1.807, 2.05) is 0 Å². The lowest BCUT2D eigenvalue weighted by Crippen LogP contribution is -2.27. The van der Waals surface area contributed by atoms with Crippen LogP contribution in [0, 0.1) is 0 Å². The van der Waals surface area contributed by atoms with Crippen molar-refractivity contribution in [2.45, 2.75) is 32.3 Å². The molecule has 2 aromatic rings. The number of benzene rings is 1. The molecule has 1 heterocycles. The Labute approximate surface area is 149 Å². The molecular weight excluding hydrogens is 346 g/mol. The maximum Gasteiger partial charge on any atom is 0.253 e. The van der Waals surface area contributed by atoms with E-state index in [0.717, 1.165) is 24.8 Å². The van der Waals surface area contributed by atoms with E-state index in [1.54, 1.807) is 31.2 Å². The fraction of sp³-hybridized carbons (Fsp3) is 0.333. The van der Waals surface area contributed by atoms with E-state index in [2.05, 4.69) is 5.32 Å². The Morgan fingerprint density at radius 1 is 1.25 bits per heavy atom. The molecule has 1 aromatic heterocycles. The Bertz CT molecular complexity index is 782. The molecule has 126 valence electrons. The van der Waals surface area contributed by atoms with E-state index in [9.17, 15) is 9.59 Å². The summed E-state index contributed by atoms with van der Waals surface area (Å²) in [7, 11) is 1.48. The van der Waals surface area contributed by atoms with Crippen molar-refractivity contribution >= 4 is 39.6 Å². The smallest absolute Gasteiger partial charge is 0.253 e. The fourth-order valence-electron chi connectivity index (χ4n) is 2.80. The quantitative estimate of drug-likeness (QED) is 0.814. The number of hydrogen-bond acceptors (Lipinski definition) is 4. The first-order valence-corrected chi connectivity index (χ1v) is 8.99. The first-order chi connectivity index (χ1) is 11.5. The van der Waals surface area contributed by atoms with Crippen LogP contribution >= 0.6 is 22.9 Å². The Kier molecular flexibility index (Phi) is 5.04.